The van der Waals surface area contributed by atoms with Crippen LogP contribution in [0.4, 0.5) is 10.5 Å². The van der Waals surface area contributed by atoms with E-state index in [9.17, 15) is 9.59 Å². The molecule has 0 spiro atoms. The van der Waals surface area contributed by atoms with Crippen LogP contribution in [0.5, 0.6) is 5.75 Å². The molecule has 1 unspecified atom stereocenters. The highest BCUT2D eigenvalue weighted by molar-refractivity contribution is 9.10. The van der Waals surface area contributed by atoms with Crippen LogP contribution in [0.15, 0.2) is 53.3 Å². The Balaban J connectivity index is 1.45. The van der Waals surface area contributed by atoms with Crippen molar-refractivity contribution in [1.82, 2.24) is 20.1 Å². The molecule has 0 bridgehead atoms. The minimum absolute atomic E-state index is 0.0326. The van der Waals surface area contributed by atoms with Crippen molar-refractivity contribution in [1.29, 1.82) is 0 Å². The average Bonchev–Trinajstić information content (AvgIpc) is 3.15. The van der Waals surface area contributed by atoms with Crippen LogP contribution >= 0.6 is 15.9 Å². The predicted octanol–water partition coefficient (Wildman–Crippen LogP) is 2.92. The highest BCUT2D eigenvalue weighted by atomic mass is 79.9. The maximum absolute atomic E-state index is 12.8. The Hall–Kier alpha value is -3.20. The van der Waals surface area contributed by atoms with E-state index in [-0.39, 0.29) is 12.5 Å². The molecule has 3 heterocycles. The zero-order valence-corrected chi connectivity index (χ0v) is 18.1. The van der Waals surface area contributed by atoms with Gasteiger partial charge in [0.15, 0.2) is 0 Å². The van der Waals surface area contributed by atoms with Crippen molar-refractivity contribution in [2.75, 3.05) is 18.6 Å². The molecule has 0 aliphatic carbocycles. The number of carbonyl (C=O) groups is 2. The van der Waals surface area contributed by atoms with Gasteiger partial charge in [-0.05, 0) is 42.8 Å². The third kappa shape index (κ3) is 4.20. The number of fused-ring (bicyclic) bond motifs is 1. The van der Waals surface area contributed by atoms with Crippen LogP contribution in [-0.4, -0.2) is 46.4 Å². The van der Waals surface area contributed by atoms with Crippen LogP contribution in [0.1, 0.15) is 17.0 Å². The molecular formula is C21H20BrN5O3. The van der Waals surface area contributed by atoms with Crippen LogP contribution in [0.3, 0.4) is 0 Å². The Morgan fingerprint density at radius 1 is 1.33 bits per heavy atom. The Morgan fingerprint density at radius 3 is 2.97 bits per heavy atom. The summed E-state index contributed by atoms with van der Waals surface area (Å²) in [5.41, 5.74) is 3.31. The summed E-state index contributed by atoms with van der Waals surface area (Å²) in [4.78, 5) is 31.5. The van der Waals surface area contributed by atoms with E-state index < -0.39 is 12.1 Å². The molecule has 1 aromatic carbocycles. The second-order valence-corrected chi connectivity index (χ2v) is 7.98. The smallest absolute Gasteiger partial charge is 0.342 e. The lowest BCUT2D eigenvalue weighted by Crippen LogP contribution is -2.50. The van der Waals surface area contributed by atoms with Gasteiger partial charge < -0.3 is 15.0 Å². The Bertz CT molecular complexity index is 1110. The predicted molar refractivity (Wildman–Crippen MR) is 115 cm³/mol. The van der Waals surface area contributed by atoms with Crippen LogP contribution in [0.2, 0.25) is 0 Å². The number of pyridine rings is 1. The number of anilines is 1. The number of nitrogens with zero attached hydrogens (tertiary/aromatic N) is 4. The molecule has 1 N–H and O–H groups in total. The second-order valence-electron chi connectivity index (χ2n) is 7.06. The van der Waals surface area contributed by atoms with Crippen molar-refractivity contribution in [2.45, 2.75) is 19.4 Å². The van der Waals surface area contributed by atoms with Gasteiger partial charge in [-0.15, -0.1) is 0 Å². The summed E-state index contributed by atoms with van der Waals surface area (Å²) < 4.78 is 7.77. The highest BCUT2D eigenvalue weighted by Crippen LogP contribution is 2.33. The summed E-state index contributed by atoms with van der Waals surface area (Å²) in [6.07, 6.45) is 3.82. The van der Waals surface area contributed by atoms with E-state index in [1.54, 1.807) is 31.6 Å². The van der Waals surface area contributed by atoms with Gasteiger partial charge in [-0.3, -0.25) is 9.78 Å². The number of rotatable bonds is 3. The molecule has 1 atom stereocenters. The van der Waals surface area contributed by atoms with Gasteiger partial charge in [0.25, 0.3) is 5.91 Å². The van der Waals surface area contributed by atoms with Gasteiger partial charge in [0.05, 0.1) is 11.9 Å². The first kappa shape index (κ1) is 20.1. The first-order valence-corrected chi connectivity index (χ1v) is 10.2. The molecule has 3 aromatic rings. The van der Waals surface area contributed by atoms with E-state index in [0.717, 1.165) is 21.4 Å². The molecule has 30 heavy (non-hydrogen) atoms. The van der Waals surface area contributed by atoms with Gasteiger partial charge in [0.1, 0.15) is 18.4 Å². The van der Waals surface area contributed by atoms with E-state index >= 15 is 0 Å². The maximum Gasteiger partial charge on any atom is 0.342 e. The van der Waals surface area contributed by atoms with Gasteiger partial charge in [0.2, 0.25) is 0 Å². The number of aryl methyl sites for hydroxylation is 1. The number of halogens is 1. The lowest BCUT2D eigenvalue weighted by atomic mass is 10.2. The lowest BCUT2D eigenvalue weighted by Gasteiger charge is -2.20. The minimum Gasteiger partial charge on any atom is -0.489 e. The summed E-state index contributed by atoms with van der Waals surface area (Å²) in [5.74, 6) is 0.314. The number of likely N-dealkylation sites (N-methyl/N-ethyl adjacent to an activating group) is 1. The van der Waals surface area contributed by atoms with Crippen LogP contribution in [-0.2, 0) is 11.2 Å². The van der Waals surface area contributed by atoms with Crippen molar-refractivity contribution in [3.63, 3.8) is 0 Å². The number of ether oxygens (including phenoxy) is 1. The van der Waals surface area contributed by atoms with E-state index in [1.807, 2.05) is 31.2 Å². The number of hydrogen-bond donors (Lipinski definition) is 1. The zero-order chi connectivity index (χ0) is 21.3. The SMILES string of the molecule is Cc1cccc(Cc2cnn(C(=O)NC3COc4ccc(Br)cc4N(C)C3=O)c2)n1. The summed E-state index contributed by atoms with van der Waals surface area (Å²) >= 11 is 3.40. The normalized spacial score (nSPS) is 15.9. The monoisotopic (exact) mass is 469 g/mol. The standard InChI is InChI=1S/C21H20BrN5O3/c1-13-4-3-5-16(24-13)8-14-10-23-27(11-14)21(29)25-17-12-30-19-7-6-15(22)9-18(19)26(2)20(17)28/h3-7,9-11,17H,8,12H2,1-2H3,(H,25,29). The van der Waals surface area contributed by atoms with Gasteiger partial charge in [-0.25, -0.2) is 4.79 Å². The quantitative estimate of drug-likeness (QED) is 0.636. The van der Waals surface area contributed by atoms with E-state index in [2.05, 4.69) is 31.3 Å². The second kappa shape index (κ2) is 8.27. The number of carbonyl (C=O) groups excluding carboxylic acids is 2. The molecule has 8 nitrogen and oxygen atoms in total. The fourth-order valence-corrected chi connectivity index (χ4v) is 3.61. The Kier molecular flexibility index (Phi) is 5.54. The molecule has 4 rings (SSSR count). The maximum atomic E-state index is 12.8. The molecule has 1 aliphatic rings. The summed E-state index contributed by atoms with van der Waals surface area (Å²) in [7, 11) is 1.66. The fraction of sp³-hybridized carbons (Fsp3) is 0.238. The molecule has 0 saturated carbocycles. The van der Waals surface area contributed by atoms with E-state index in [1.165, 1.54) is 9.58 Å². The van der Waals surface area contributed by atoms with E-state index in [0.29, 0.717) is 17.9 Å². The van der Waals surface area contributed by atoms with Gasteiger partial charge in [-0.2, -0.15) is 9.78 Å². The van der Waals surface area contributed by atoms with Crippen LogP contribution in [0.25, 0.3) is 0 Å². The van der Waals surface area contributed by atoms with Gasteiger partial charge >= 0.3 is 6.03 Å². The molecule has 2 amide bonds. The first-order chi connectivity index (χ1) is 14.4. The molecule has 9 heteroatoms. The van der Waals surface area contributed by atoms with E-state index in [4.69, 9.17) is 4.74 Å². The van der Waals surface area contributed by atoms with Crippen molar-refractivity contribution in [3.8, 4) is 5.75 Å². The molecule has 154 valence electrons. The molecule has 0 fully saturated rings. The van der Waals surface area contributed by atoms with Crippen molar-refractivity contribution in [2.24, 2.45) is 0 Å². The van der Waals surface area contributed by atoms with Crippen LogP contribution in [0, 0.1) is 6.92 Å². The highest BCUT2D eigenvalue weighted by Gasteiger charge is 2.31. The van der Waals surface area contributed by atoms with Gasteiger partial charge in [-0.1, -0.05) is 22.0 Å². The van der Waals surface area contributed by atoms with Crippen molar-refractivity contribution in [3.05, 3.63) is 70.2 Å². The zero-order valence-electron chi connectivity index (χ0n) is 16.5. The number of benzene rings is 1. The Labute approximate surface area is 182 Å². The number of aromatic nitrogens is 3. The Morgan fingerprint density at radius 2 is 2.17 bits per heavy atom. The average molecular weight is 470 g/mol. The topological polar surface area (TPSA) is 89.4 Å². The third-order valence-corrected chi connectivity index (χ3v) is 5.28. The minimum atomic E-state index is -0.834. The molecule has 0 radical (unpaired) electrons. The summed E-state index contributed by atoms with van der Waals surface area (Å²) in [6.45, 7) is 1.96. The number of hydrogen-bond acceptors (Lipinski definition) is 5. The lowest BCUT2D eigenvalue weighted by molar-refractivity contribution is -0.120. The summed E-state index contributed by atoms with van der Waals surface area (Å²) in [5, 5.41) is 6.83. The summed E-state index contributed by atoms with van der Waals surface area (Å²) in [6, 6.07) is 9.89. The third-order valence-electron chi connectivity index (χ3n) is 4.79. The number of nitrogens with one attached hydrogen (secondary N) is 1. The molecule has 0 saturated heterocycles. The molecular weight excluding hydrogens is 450 g/mol. The number of amides is 2. The fourth-order valence-electron chi connectivity index (χ4n) is 3.26. The van der Waals surface area contributed by atoms with Crippen molar-refractivity contribution >= 4 is 33.6 Å². The molecule has 2 aromatic heterocycles. The van der Waals surface area contributed by atoms with Gasteiger partial charge in [0, 0.05) is 35.5 Å². The van der Waals surface area contributed by atoms with Crippen molar-refractivity contribution < 1.29 is 14.3 Å². The largest absolute Gasteiger partial charge is 0.489 e. The molecule has 1 aliphatic heterocycles. The van der Waals surface area contributed by atoms with Crippen LogP contribution < -0.4 is 15.0 Å². The first-order valence-electron chi connectivity index (χ1n) is 9.37.